The highest BCUT2D eigenvalue weighted by Crippen LogP contribution is 2.60. The van der Waals surface area contributed by atoms with Crippen LogP contribution in [0.15, 0.2) is 48.5 Å². The van der Waals surface area contributed by atoms with Gasteiger partial charge in [0.2, 0.25) is 21.8 Å². The maximum atomic E-state index is 13.8. The minimum Gasteiger partial charge on any atom is -0.357 e. The topological polar surface area (TPSA) is 86.8 Å². The van der Waals surface area contributed by atoms with Crippen LogP contribution in [-0.2, 0) is 31.6 Å². The minimum atomic E-state index is -3.78. The highest BCUT2D eigenvalue weighted by molar-refractivity contribution is 7.92. The Bertz CT molecular complexity index is 1330. The molecule has 4 bridgehead atoms. The van der Waals surface area contributed by atoms with Crippen molar-refractivity contribution in [2.24, 2.45) is 17.8 Å². The van der Waals surface area contributed by atoms with Crippen LogP contribution >= 0.6 is 11.6 Å². The Morgan fingerprint density at radius 2 is 1.57 bits per heavy atom. The monoisotopic (exact) mass is 585 g/mol. The van der Waals surface area contributed by atoms with Gasteiger partial charge in [-0.15, -0.1) is 0 Å². The summed E-state index contributed by atoms with van der Waals surface area (Å²) in [7, 11) is -2.26. The third-order valence-corrected chi connectivity index (χ3v) is 10.9. The van der Waals surface area contributed by atoms with Gasteiger partial charge in [-0.2, -0.15) is 0 Å². The fraction of sp³-hybridized carbons (Fsp3) is 0.548. The molecule has 0 spiro atoms. The fourth-order valence-electron chi connectivity index (χ4n) is 7.96. The minimum absolute atomic E-state index is 0.0903. The van der Waals surface area contributed by atoms with E-state index in [0.717, 1.165) is 28.3 Å². The molecule has 40 heavy (non-hydrogen) atoms. The molecule has 0 aromatic heterocycles. The number of hydrogen-bond donors (Lipinski definition) is 1. The van der Waals surface area contributed by atoms with Crippen molar-refractivity contribution < 1.29 is 18.0 Å². The highest BCUT2D eigenvalue weighted by atomic mass is 35.5. The second-order valence-electron chi connectivity index (χ2n) is 12.2. The van der Waals surface area contributed by atoms with Crippen molar-refractivity contribution in [2.75, 3.05) is 24.2 Å². The molecule has 4 fully saturated rings. The van der Waals surface area contributed by atoms with Crippen LogP contribution in [0, 0.1) is 17.8 Å². The normalized spacial score (nSPS) is 25.9. The molecule has 2 aromatic rings. The van der Waals surface area contributed by atoms with Gasteiger partial charge in [-0.3, -0.25) is 13.9 Å². The lowest BCUT2D eigenvalue weighted by Gasteiger charge is -2.57. The maximum absolute atomic E-state index is 13.8. The van der Waals surface area contributed by atoms with Gasteiger partial charge in [0, 0.05) is 18.6 Å². The van der Waals surface area contributed by atoms with Crippen LogP contribution in [0.25, 0.3) is 0 Å². The molecule has 4 saturated carbocycles. The smallest absolute Gasteiger partial charge is 0.244 e. The summed E-state index contributed by atoms with van der Waals surface area (Å²) in [5.41, 5.74) is 2.63. The van der Waals surface area contributed by atoms with E-state index >= 15 is 0 Å². The van der Waals surface area contributed by atoms with E-state index in [1.807, 2.05) is 25.1 Å². The molecule has 1 N–H and O–H groups in total. The zero-order valence-corrected chi connectivity index (χ0v) is 25.2. The predicted molar refractivity (Wildman–Crippen MR) is 159 cm³/mol. The van der Waals surface area contributed by atoms with Gasteiger partial charge in [-0.05, 0) is 97.4 Å². The number of anilines is 1. The zero-order chi connectivity index (χ0) is 28.7. The van der Waals surface area contributed by atoms with Gasteiger partial charge in [0.1, 0.15) is 12.6 Å². The third-order valence-electron chi connectivity index (χ3n) is 9.42. The van der Waals surface area contributed by atoms with Crippen molar-refractivity contribution in [1.82, 2.24) is 10.2 Å². The van der Waals surface area contributed by atoms with Crippen molar-refractivity contribution >= 4 is 39.1 Å². The standard InChI is InChI=1S/C31H40ClN3O4S/c1-4-28(30(37)33-2)34(19-24-7-5-6-8-27(24)32)29(36)20-35(40(3,38)39)26-11-9-25(10-12-26)31-16-21-13-22(17-31)15-23(14-21)18-31/h5-12,21-23,28H,4,13-20H2,1-3H3,(H,33,37)/t21?,22?,23?,28-,31?/m1/s1. The number of rotatable bonds is 10. The van der Waals surface area contributed by atoms with Crippen LogP contribution in [0.4, 0.5) is 5.69 Å². The summed E-state index contributed by atoms with van der Waals surface area (Å²) in [5.74, 6) is 1.66. The Morgan fingerprint density at radius 1 is 1.00 bits per heavy atom. The second kappa shape index (κ2) is 11.4. The first-order chi connectivity index (χ1) is 19.0. The Kier molecular flexibility index (Phi) is 8.22. The molecule has 1 atom stereocenters. The Hall–Kier alpha value is -2.58. The van der Waals surface area contributed by atoms with Gasteiger partial charge in [-0.1, -0.05) is 48.9 Å². The average Bonchev–Trinajstić information content (AvgIpc) is 2.91. The first kappa shape index (κ1) is 28.9. The number of halogens is 1. The molecule has 2 amide bonds. The van der Waals surface area contributed by atoms with E-state index in [-0.39, 0.29) is 17.9 Å². The molecule has 0 radical (unpaired) electrons. The Balaban J connectivity index is 1.41. The second-order valence-corrected chi connectivity index (χ2v) is 14.5. The summed E-state index contributed by atoms with van der Waals surface area (Å²) in [6.07, 6.45) is 9.24. The van der Waals surface area contributed by atoms with Gasteiger partial charge in [-0.25, -0.2) is 8.42 Å². The van der Waals surface area contributed by atoms with Crippen LogP contribution in [0.5, 0.6) is 0 Å². The molecular weight excluding hydrogens is 546 g/mol. The van der Waals surface area contributed by atoms with Crippen LogP contribution in [0.1, 0.15) is 63.0 Å². The summed E-state index contributed by atoms with van der Waals surface area (Å²) < 4.78 is 27.1. The zero-order valence-electron chi connectivity index (χ0n) is 23.6. The van der Waals surface area contributed by atoms with Gasteiger partial charge >= 0.3 is 0 Å². The van der Waals surface area contributed by atoms with Gasteiger partial charge in [0.05, 0.1) is 11.9 Å². The van der Waals surface area contributed by atoms with Gasteiger partial charge in [0.25, 0.3) is 0 Å². The first-order valence-electron chi connectivity index (χ1n) is 14.4. The summed E-state index contributed by atoms with van der Waals surface area (Å²) in [4.78, 5) is 28.0. The molecule has 0 saturated heterocycles. The molecule has 2 aromatic carbocycles. The van der Waals surface area contributed by atoms with E-state index < -0.39 is 28.5 Å². The molecule has 9 heteroatoms. The van der Waals surface area contributed by atoms with Crippen LogP contribution in [-0.4, -0.2) is 51.0 Å². The van der Waals surface area contributed by atoms with Gasteiger partial charge in [0.15, 0.2) is 0 Å². The van der Waals surface area contributed by atoms with E-state index in [2.05, 4.69) is 17.4 Å². The fourth-order valence-corrected chi connectivity index (χ4v) is 9.00. The van der Waals surface area contributed by atoms with Crippen molar-refractivity contribution in [3.8, 4) is 0 Å². The number of benzene rings is 2. The number of likely N-dealkylation sites (N-methyl/N-ethyl adjacent to an activating group) is 1. The maximum Gasteiger partial charge on any atom is 0.244 e. The van der Waals surface area contributed by atoms with E-state index in [4.69, 9.17) is 11.6 Å². The number of carbonyl (C=O) groups is 2. The molecule has 4 aliphatic carbocycles. The molecule has 216 valence electrons. The molecule has 0 unspecified atom stereocenters. The highest BCUT2D eigenvalue weighted by Gasteiger charge is 2.51. The first-order valence-corrected chi connectivity index (χ1v) is 16.6. The summed E-state index contributed by atoms with van der Waals surface area (Å²) in [6, 6.07) is 14.2. The van der Waals surface area contributed by atoms with E-state index in [0.29, 0.717) is 22.7 Å². The lowest BCUT2D eigenvalue weighted by molar-refractivity contribution is -0.140. The lowest BCUT2D eigenvalue weighted by Crippen LogP contribution is -2.51. The Morgan fingerprint density at radius 3 is 2.08 bits per heavy atom. The third kappa shape index (κ3) is 5.75. The molecule has 4 aliphatic rings. The average molecular weight is 586 g/mol. The molecule has 0 heterocycles. The lowest BCUT2D eigenvalue weighted by atomic mass is 9.48. The van der Waals surface area contributed by atoms with E-state index in [1.54, 1.807) is 18.2 Å². The molecule has 6 rings (SSSR count). The molecular formula is C31H40ClN3O4S. The SMILES string of the molecule is CC[C@H](C(=O)NC)N(Cc1ccccc1Cl)C(=O)CN(c1ccc(C23CC4CC(CC(C4)C2)C3)cc1)S(C)(=O)=O. The van der Waals surface area contributed by atoms with Crippen molar-refractivity contribution in [1.29, 1.82) is 0 Å². The largest absolute Gasteiger partial charge is 0.357 e. The number of hydrogen-bond acceptors (Lipinski definition) is 4. The summed E-state index contributed by atoms with van der Waals surface area (Å²) >= 11 is 6.39. The number of nitrogens with one attached hydrogen (secondary N) is 1. The Labute approximate surface area is 243 Å². The number of nitrogens with zero attached hydrogens (tertiary/aromatic N) is 2. The summed E-state index contributed by atoms with van der Waals surface area (Å²) in [5, 5.41) is 3.11. The van der Waals surface area contributed by atoms with Crippen LogP contribution < -0.4 is 9.62 Å². The molecule has 7 nitrogen and oxygen atoms in total. The van der Waals surface area contributed by atoms with Crippen molar-refractivity contribution in [3.63, 3.8) is 0 Å². The van der Waals surface area contributed by atoms with Gasteiger partial charge < -0.3 is 10.2 Å². The van der Waals surface area contributed by atoms with Crippen LogP contribution in [0.2, 0.25) is 5.02 Å². The number of amides is 2. The number of sulfonamides is 1. The van der Waals surface area contributed by atoms with E-state index in [9.17, 15) is 18.0 Å². The van der Waals surface area contributed by atoms with E-state index in [1.165, 1.54) is 56.0 Å². The summed E-state index contributed by atoms with van der Waals surface area (Å²) in [6.45, 7) is 1.50. The quantitative estimate of drug-likeness (QED) is 0.419. The number of carbonyl (C=O) groups excluding carboxylic acids is 2. The predicted octanol–water partition coefficient (Wildman–Crippen LogP) is 5.13. The molecule has 0 aliphatic heterocycles. The van der Waals surface area contributed by atoms with Crippen molar-refractivity contribution in [3.05, 3.63) is 64.7 Å². The van der Waals surface area contributed by atoms with Crippen molar-refractivity contribution in [2.45, 2.75) is 69.9 Å². The van der Waals surface area contributed by atoms with Crippen LogP contribution in [0.3, 0.4) is 0 Å².